The van der Waals surface area contributed by atoms with Gasteiger partial charge in [0.25, 0.3) is 5.91 Å². The van der Waals surface area contributed by atoms with Gasteiger partial charge in [-0.25, -0.2) is 9.97 Å². The fourth-order valence-electron chi connectivity index (χ4n) is 2.52. The summed E-state index contributed by atoms with van der Waals surface area (Å²) in [4.78, 5) is 20.6. The van der Waals surface area contributed by atoms with Crippen LogP contribution in [0, 0.1) is 6.92 Å². The van der Waals surface area contributed by atoms with Crippen molar-refractivity contribution in [3.63, 3.8) is 0 Å². The van der Waals surface area contributed by atoms with E-state index in [1.807, 2.05) is 13.0 Å². The van der Waals surface area contributed by atoms with E-state index in [4.69, 9.17) is 16.3 Å². The summed E-state index contributed by atoms with van der Waals surface area (Å²) < 4.78 is 5.56. The molecule has 1 aliphatic rings. The standard InChI is InChI=1S/C17H19ClN4O2/c1-11-4-5-12(18)7-14(11)22-17(23)15-8-16(21-10-20-15)19-9-13-3-2-6-24-13/h4-5,7-8,10,13H,2-3,6,9H2,1H3,(H,22,23)(H,19,20,21). The molecule has 1 aromatic heterocycles. The number of hydrogen-bond donors (Lipinski definition) is 2. The second-order valence-corrected chi connectivity index (χ2v) is 6.15. The van der Waals surface area contributed by atoms with Gasteiger partial charge in [0.1, 0.15) is 17.8 Å². The van der Waals surface area contributed by atoms with Gasteiger partial charge >= 0.3 is 0 Å². The molecule has 1 atom stereocenters. The molecule has 3 rings (SSSR count). The lowest BCUT2D eigenvalue weighted by Crippen LogP contribution is -2.20. The highest BCUT2D eigenvalue weighted by Gasteiger charge is 2.16. The summed E-state index contributed by atoms with van der Waals surface area (Å²) in [5, 5.41) is 6.58. The number of benzene rings is 1. The summed E-state index contributed by atoms with van der Waals surface area (Å²) in [6, 6.07) is 6.98. The first kappa shape index (κ1) is 16.7. The Morgan fingerprint density at radius 3 is 3.04 bits per heavy atom. The molecule has 0 saturated carbocycles. The molecule has 1 aromatic carbocycles. The maximum Gasteiger partial charge on any atom is 0.274 e. The van der Waals surface area contributed by atoms with Gasteiger partial charge in [0.15, 0.2) is 0 Å². The highest BCUT2D eigenvalue weighted by atomic mass is 35.5. The number of nitrogens with zero attached hydrogens (tertiary/aromatic N) is 2. The number of anilines is 2. The zero-order valence-electron chi connectivity index (χ0n) is 13.4. The van der Waals surface area contributed by atoms with Gasteiger partial charge in [0.2, 0.25) is 0 Å². The van der Waals surface area contributed by atoms with Crippen LogP contribution in [0.3, 0.4) is 0 Å². The summed E-state index contributed by atoms with van der Waals surface area (Å²) in [6.45, 7) is 3.38. The predicted molar refractivity (Wildman–Crippen MR) is 93.6 cm³/mol. The van der Waals surface area contributed by atoms with Crippen molar-refractivity contribution >= 4 is 29.0 Å². The van der Waals surface area contributed by atoms with Crippen LogP contribution in [0.15, 0.2) is 30.6 Å². The first-order valence-electron chi connectivity index (χ1n) is 7.87. The molecule has 24 heavy (non-hydrogen) atoms. The Balaban J connectivity index is 1.66. The Hall–Kier alpha value is -2.18. The molecule has 0 spiro atoms. The Bertz CT molecular complexity index is 732. The number of ether oxygens (including phenoxy) is 1. The van der Waals surface area contributed by atoms with Crippen molar-refractivity contribution in [3.05, 3.63) is 46.9 Å². The summed E-state index contributed by atoms with van der Waals surface area (Å²) in [5.41, 5.74) is 1.89. The van der Waals surface area contributed by atoms with E-state index in [0.29, 0.717) is 28.8 Å². The fourth-order valence-corrected chi connectivity index (χ4v) is 2.69. The predicted octanol–water partition coefficient (Wildman–Crippen LogP) is 3.28. The summed E-state index contributed by atoms with van der Waals surface area (Å²) >= 11 is 5.98. The number of carbonyl (C=O) groups is 1. The van der Waals surface area contributed by atoms with Crippen molar-refractivity contribution in [1.82, 2.24) is 9.97 Å². The van der Waals surface area contributed by atoms with Crippen LogP contribution in [-0.2, 0) is 4.74 Å². The molecule has 0 aliphatic carbocycles. The third-order valence-corrected chi connectivity index (χ3v) is 4.12. The maximum absolute atomic E-state index is 12.4. The van der Waals surface area contributed by atoms with Crippen LogP contribution in [0.4, 0.5) is 11.5 Å². The second-order valence-electron chi connectivity index (χ2n) is 5.72. The van der Waals surface area contributed by atoms with Gasteiger partial charge in [-0.05, 0) is 37.5 Å². The van der Waals surface area contributed by atoms with Crippen LogP contribution < -0.4 is 10.6 Å². The van der Waals surface area contributed by atoms with Crippen molar-refractivity contribution < 1.29 is 9.53 Å². The van der Waals surface area contributed by atoms with Gasteiger partial charge < -0.3 is 15.4 Å². The summed E-state index contributed by atoms with van der Waals surface area (Å²) in [5.74, 6) is 0.302. The number of amides is 1. The minimum atomic E-state index is -0.303. The van der Waals surface area contributed by atoms with Crippen LogP contribution in [0.2, 0.25) is 5.02 Å². The molecule has 1 fully saturated rings. The molecule has 1 amide bonds. The number of rotatable bonds is 5. The minimum absolute atomic E-state index is 0.200. The van der Waals surface area contributed by atoms with Crippen molar-refractivity contribution in [2.75, 3.05) is 23.8 Å². The smallest absolute Gasteiger partial charge is 0.274 e. The van der Waals surface area contributed by atoms with Gasteiger partial charge in [-0.2, -0.15) is 0 Å². The Morgan fingerprint density at radius 1 is 1.38 bits per heavy atom. The molecular formula is C17H19ClN4O2. The van der Waals surface area contributed by atoms with Crippen LogP contribution in [0.5, 0.6) is 0 Å². The van der Waals surface area contributed by atoms with E-state index in [2.05, 4.69) is 20.6 Å². The van der Waals surface area contributed by atoms with E-state index in [9.17, 15) is 4.79 Å². The van der Waals surface area contributed by atoms with E-state index in [1.165, 1.54) is 6.33 Å². The van der Waals surface area contributed by atoms with Crippen LogP contribution >= 0.6 is 11.6 Å². The lowest BCUT2D eigenvalue weighted by molar-refractivity contribution is 0.102. The van der Waals surface area contributed by atoms with Gasteiger partial charge in [-0.1, -0.05) is 17.7 Å². The monoisotopic (exact) mass is 346 g/mol. The van der Waals surface area contributed by atoms with Crippen molar-refractivity contribution in [2.45, 2.75) is 25.9 Å². The number of nitrogens with one attached hydrogen (secondary N) is 2. The normalized spacial score (nSPS) is 16.8. The molecule has 1 saturated heterocycles. The average molecular weight is 347 g/mol. The summed E-state index contributed by atoms with van der Waals surface area (Å²) in [7, 11) is 0. The highest BCUT2D eigenvalue weighted by molar-refractivity contribution is 6.31. The molecule has 2 heterocycles. The van der Waals surface area contributed by atoms with Crippen molar-refractivity contribution in [3.8, 4) is 0 Å². The molecule has 0 bridgehead atoms. The van der Waals surface area contributed by atoms with Gasteiger partial charge in [-0.15, -0.1) is 0 Å². The quantitative estimate of drug-likeness (QED) is 0.868. The molecular weight excluding hydrogens is 328 g/mol. The topological polar surface area (TPSA) is 76.1 Å². The van der Waals surface area contributed by atoms with E-state index >= 15 is 0 Å². The molecule has 2 aromatic rings. The SMILES string of the molecule is Cc1ccc(Cl)cc1NC(=O)c1cc(NCC2CCCO2)ncn1. The number of carbonyl (C=O) groups excluding carboxylic acids is 1. The third kappa shape index (κ3) is 4.21. The van der Waals surface area contributed by atoms with Gasteiger partial charge in [0, 0.05) is 29.9 Å². The van der Waals surface area contributed by atoms with Crippen LogP contribution in [-0.4, -0.2) is 35.1 Å². The van der Waals surface area contributed by atoms with E-state index in [0.717, 1.165) is 25.0 Å². The van der Waals surface area contributed by atoms with Crippen molar-refractivity contribution in [2.24, 2.45) is 0 Å². The molecule has 126 valence electrons. The lowest BCUT2D eigenvalue weighted by atomic mass is 10.2. The third-order valence-electron chi connectivity index (χ3n) is 3.88. The first-order chi connectivity index (χ1) is 11.6. The molecule has 0 radical (unpaired) electrons. The first-order valence-corrected chi connectivity index (χ1v) is 8.24. The molecule has 1 unspecified atom stereocenters. The molecule has 7 heteroatoms. The van der Waals surface area contributed by atoms with Crippen LogP contribution in [0.1, 0.15) is 28.9 Å². The largest absolute Gasteiger partial charge is 0.376 e. The second kappa shape index (κ2) is 7.59. The fraction of sp³-hybridized carbons (Fsp3) is 0.353. The Kier molecular flexibility index (Phi) is 5.27. The number of aryl methyl sites for hydroxylation is 1. The van der Waals surface area contributed by atoms with Gasteiger partial charge in [0.05, 0.1) is 6.10 Å². The number of halogens is 1. The highest BCUT2D eigenvalue weighted by Crippen LogP contribution is 2.21. The molecule has 6 nitrogen and oxygen atoms in total. The average Bonchev–Trinajstić information content (AvgIpc) is 3.10. The minimum Gasteiger partial charge on any atom is -0.376 e. The maximum atomic E-state index is 12.4. The van der Waals surface area contributed by atoms with E-state index < -0.39 is 0 Å². The zero-order valence-corrected chi connectivity index (χ0v) is 14.1. The van der Waals surface area contributed by atoms with Gasteiger partial charge in [-0.3, -0.25) is 4.79 Å². The molecule has 1 aliphatic heterocycles. The molecule has 2 N–H and O–H groups in total. The zero-order chi connectivity index (χ0) is 16.9. The van der Waals surface area contributed by atoms with E-state index in [-0.39, 0.29) is 12.0 Å². The number of aromatic nitrogens is 2. The van der Waals surface area contributed by atoms with Crippen LogP contribution in [0.25, 0.3) is 0 Å². The summed E-state index contributed by atoms with van der Waals surface area (Å²) in [6.07, 6.45) is 3.70. The number of hydrogen-bond acceptors (Lipinski definition) is 5. The Labute approximate surface area is 145 Å². The Morgan fingerprint density at radius 2 is 2.25 bits per heavy atom. The lowest BCUT2D eigenvalue weighted by Gasteiger charge is -2.12. The van der Waals surface area contributed by atoms with Crippen molar-refractivity contribution in [1.29, 1.82) is 0 Å². The van der Waals surface area contributed by atoms with E-state index in [1.54, 1.807) is 18.2 Å².